The molecule has 2 heterocycles. The Morgan fingerprint density at radius 2 is 2.44 bits per heavy atom. The van der Waals surface area contributed by atoms with Crippen molar-refractivity contribution in [1.29, 1.82) is 5.26 Å². The van der Waals surface area contributed by atoms with Crippen molar-refractivity contribution in [2.45, 2.75) is 38.9 Å². The van der Waals surface area contributed by atoms with E-state index in [2.05, 4.69) is 11.9 Å². The van der Waals surface area contributed by atoms with Crippen molar-refractivity contribution in [3.8, 4) is 6.07 Å². The monoisotopic (exact) mass is 218 g/mol. The zero-order valence-corrected chi connectivity index (χ0v) is 9.46. The molecule has 0 fully saturated rings. The highest BCUT2D eigenvalue weighted by atomic mass is 16.5. The van der Waals surface area contributed by atoms with Crippen molar-refractivity contribution in [2.75, 3.05) is 0 Å². The fraction of sp³-hybridized carbons (Fsp3) is 0.500. The van der Waals surface area contributed by atoms with Crippen molar-refractivity contribution in [3.63, 3.8) is 0 Å². The summed E-state index contributed by atoms with van der Waals surface area (Å²) in [5.41, 5.74) is 1.47. The van der Waals surface area contributed by atoms with Crippen LogP contribution in [0, 0.1) is 11.3 Å². The van der Waals surface area contributed by atoms with E-state index in [4.69, 9.17) is 10.00 Å². The minimum absolute atomic E-state index is 0.155. The van der Waals surface area contributed by atoms with Crippen molar-refractivity contribution < 1.29 is 4.74 Å². The third-order valence-corrected chi connectivity index (χ3v) is 3.21. The van der Waals surface area contributed by atoms with Gasteiger partial charge in [-0.15, -0.1) is 0 Å². The number of H-pyrrole nitrogens is 1. The van der Waals surface area contributed by atoms with Crippen LogP contribution in [0.25, 0.3) is 0 Å². The Hall–Kier alpha value is -1.60. The van der Waals surface area contributed by atoms with Gasteiger partial charge in [0.15, 0.2) is 0 Å². The van der Waals surface area contributed by atoms with E-state index in [0.29, 0.717) is 13.0 Å². The van der Waals surface area contributed by atoms with E-state index in [1.165, 1.54) is 0 Å². The largest absolute Gasteiger partial charge is 0.370 e. The molecule has 0 radical (unpaired) electrons. The van der Waals surface area contributed by atoms with Gasteiger partial charge in [0.2, 0.25) is 0 Å². The van der Waals surface area contributed by atoms with Gasteiger partial charge < -0.3 is 9.72 Å². The van der Waals surface area contributed by atoms with Crippen LogP contribution < -0.4 is 5.56 Å². The number of aromatic nitrogens is 1. The molecule has 0 aromatic carbocycles. The van der Waals surface area contributed by atoms with Gasteiger partial charge in [0.1, 0.15) is 11.6 Å². The number of hydrogen-bond donors (Lipinski definition) is 1. The summed E-state index contributed by atoms with van der Waals surface area (Å²) in [5, 5.41) is 8.76. The molecule has 1 aromatic rings. The maximum atomic E-state index is 11.5. The summed E-state index contributed by atoms with van der Waals surface area (Å²) in [7, 11) is 0. The van der Waals surface area contributed by atoms with Crippen molar-refractivity contribution >= 4 is 0 Å². The first-order valence-electron chi connectivity index (χ1n) is 5.37. The number of hydrogen-bond acceptors (Lipinski definition) is 3. The van der Waals surface area contributed by atoms with E-state index >= 15 is 0 Å². The lowest BCUT2D eigenvalue weighted by molar-refractivity contribution is -0.0575. The Bertz CT molecular complexity index is 513. The van der Waals surface area contributed by atoms with Crippen LogP contribution in [-0.2, 0) is 17.8 Å². The van der Waals surface area contributed by atoms with Crippen LogP contribution in [0.5, 0.6) is 0 Å². The maximum Gasteiger partial charge on any atom is 0.266 e. The topological polar surface area (TPSA) is 65.9 Å². The SMILES string of the molecule is CC[C@@]1(C)Cc2[nH]c(=O)c(C#N)cc2CO1. The van der Waals surface area contributed by atoms with Crippen molar-refractivity contribution in [2.24, 2.45) is 0 Å². The molecule has 0 spiro atoms. The molecule has 0 aliphatic carbocycles. The predicted octanol–water partition coefficient (Wildman–Crippen LogP) is 1.49. The molecule has 1 N–H and O–H groups in total. The molecule has 0 unspecified atom stereocenters. The minimum Gasteiger partial charge on any atom is -0.370 e. The molecule has 0 saturated carbocycles. The number of rotatable bonds is 1. The fourth-order valence-corrected chi connectivity index (χ4v) is 1.89. The summed E-state index contributed by atoms with van der Waals surface area (Å²) < 4.78 is 5.75. The first-order chi connectivity index (χ1) is 7.58. The molecule has 0 bridgehead atoms. The van der Waals surface area contributed by atoms with E-state index in [9.17, 15) is 4.79 Å². The van der Waals surface area contributed by atoms with E-state index < -0.39 is 0 Å². The van der Waals surface area contributed by atoms with Crippen molar-refractivity contribution in [1.82, 2.24) is 4.98 Å². The second kappa shape index (κ2) is 3.76. The molecule has 16 heavy (non-hydrogen) atoms. The van der Waals surface area contributed by atoms with Crippen LogP contribution in [0.4, 0.5) is 0 Å². The molecule has 4 nitrogen and oxygen atoms in total. The molecule has 4 heteroatoms. The number of ether oxygens (including phenoxy) is 1. The van der Waals surface area contributed by atoms with Gasteiger partial charge in [-0.3, -0.25) is 4.79 Å². The van der Waals surface area contributed by atoms with Crippen LogP contribution in [0.3, 0.4) is 0 Å². The molecule has 1 aromatic heterocycles. The van der Waals surface area contributed by atoms with E-state index in [-0.39, 0.29) is 16.7 Å². The van der Waals surface area contributed by atoms with Gasteiger partial charge in [0, 0.05) is 12.1 Å². The maximum absolute atomic E-state index is 11.5. The third kappa shape index (κ3) is 1.74. The highest BCUT2D eigenvalue weighted by Gasteiger charge is 2.30. The van der Waals surface area contributed by atoms with Gasteiger partial charge in [0.25, 0.3) is 5.56 Å². The number of pyridine rings is 1. The van der Waals surface area contributed by atoms with Crippen molar-refractivity contribution in [3.05, 3.63) is 33.2 Å². The summed E-state index contributed by atoms with van der Waals surface area (Å²) in [6.45, 7) is 4.56. The molecule has 1 aliphatic rings. The molecular formula is C12H14N2O2. The Morgan fingerprint density at radius 3 is 3.06 bits per heavy atom. The summed E-state index contributed by atoms with van der Waals surface area (Å²) >= 11 is 0. The predicted molar refractivity (Wildman–Crippen MR) is 59.0 cm³/mol. The Labute approximate surface area is 93.9 Å². The molecule has 2 rings (SSSR count). The van der Waals surface area contributed by atoms with Gasteiger partial charge >= 0.3 is 0 Å². The minimum atomic E-state index is -0.304. The summed E-state index contributed by atoms with van der Waals surface area (Å²) in [4.78, 5) is 14.3. The van der Waals surface area contributed by atoms with Gasteiger partial charge in [-0.2, -0.15) is 5.26 Å². The van der Waals surface area contributed by atoms with Crippen LogP contribution in [0.15, 0.2) is 10.9 Å². The molecule has 1 aliphatic heterocycles. The normalized spacial score (nSPS) is 23.6. The second-order valence-corrected chi connectivity index (χ2v) is 4.40. The van der Waals surface area contributed by atoms with Crippen LogP contribution in [0.1, 0.15) is 37.1 Å². The molecular weight excluding hydrogens is 204 g/mol. The lowest BCUT2D eigenvalue weighted by Crippen LogP contribution is -2.36. The second-order valence-electron chi connectivity index (χ2n) is 4.40. The van der Waals surface area contributed by atoms with Crippen LogP contribution >= 0.6 is 0 Å². The molecule has 1 atom stereocenters. The average molecular weight is 218 g/mol. The Morgan fingerprint density at radius 1 is 1.69 bits per heavy atom. The smallest absolute Gasteiger partial charge is 0.266 e. The highest BCUT2D eigenvalue weighted by Crippen LogP contribution is 2.28. The number of aromatic amines is 1. The van der Waals surface area contributed by atoms with E-state index in [0.717, 1.165) is 17.7 Å². The summed E-state index contributed by atoms with van der Waals surface area (Å²) in [6, 6.07) is 3.51. The van der Waals surface area contributed by atoms with Gasteiger partial charge in [0.05, 0.1) is 12.2 Å². The zero-order chi connectivity index (χ0) is 11.8. The summed E-state index contributed by atoms with van der Waals surface area (Å²) in [5.74, 6) is 0. The number of fused-ring (bicyclic) bond motifs is 1. The number of nitrogens with zero attached hydrogens (tertiary/aromatic N) is 1. The van der Waals surface area contributed by atoms with Gasteiger partial charge in [-0.25, -0.2) is 0 Å². The Balaban J connectivity index is 2.46. The zero-order valence-electron chi connectivity index (χ0n) is 9.46. The first-order valence-corrected chi connectivity index (χ1v) is 5.37. The van der Waals surface area contributed by atoms with E-state index in [1.807, 2.05) is 13.0 Å². The average Bonchev–Trinajstić information content (AvgIpc) is 2.28. The standard InChI is InChI=1S/C12H14N2O2/c1-3-12(2)5-10-9(7-16-12)4-8(6-13)11(15)14-10/h4H,3,5,7H2,1-2H3,(H,14,15)/t12-/m0/s1. The van der Waals surface area contributed by atoms with Crippen LogP contribution in [0.2, 0.25) is 0 Å². The van der Waals surface area contributed by atoms with Crippen LogP contribution in [-0.4, -0.2) is 10.6 Å². The lowest BCUT2D eigenvalue weighted by Gasteiger charge is -2.33. The summed E-state index contributed by atoms with van der Waals surface area (Å²) in [6.07, 6.45) is 1.59. The third-order valence-electron chi connectivity index (χ3n) is 3.21. The molecule has 0 amide bonds. The van der Waals surface area contributed by atoms with E-state index in [1.54, 1.807) is 6.07 Å². The Kier molecular flexibility index (Phi) is 2.56. The van der Waals surface area contributed by atoms with Gasteiger partial charge in [-0.1, -0.05) is 6.92 Å². The molecule has 0 saturated heterocycles. The lowest BCUT2D eigenvalue weighted by atomic mass is 9.91. The highest BCUT2D eigenvalue weighted by molar-refractivity contribution is 5.34. The molecule has 84 valence electrons. The number of nitriles is 1. The quantitative estimate of drug-likeness (QED) is 0.776. The number of nitrogens with one attached hydrogen (secondary N) is 1. The van der Waals surface area contributed by atoms with Gasteiger partial charge in [-0.05, 0) is 25.0 Å². The first kappa shape index (κ1) is 10.9. The fourth-order valence-electron chi connectivity index (χ4n) is 1.89.